The van der Waals surface area contributed by atoms with Crippen LogP contribution in [0.5, 0.6) is 0 Å². The van der Waals surface area contributed by atoms with Crippen molar-refractivity contribution in [2.24, 2.45) is 5.73 Å². The lowest BCUT2D eigenvalue weighted by Gasteiger charge is -2.42. The van der Waals surface area contributed by atoms with Crippen LogP contribution >= 0.6 is 15.9 Å². The van der Waals surface area contributed by atoms with Crippen molar-refractivity contribution in [1.29, 1.82) is 0 Å². The van der Waals surface area contributed by atoms with Gasteiger partial charge < -0.3 is 16.4 Å². The highest BCUT2D eigenvalue weighted by Gasteiger charge is 2.38. The van der Waals surface area contributed by atoms with E-state index >= 15 is 0 Å². The van der Waals surface area contributed by atoms with E-state index in [4.69, 9.17) is 5.73 Å². The number of nitrogens with two attached hydrogens (primary N) is 1. The molecule has 1 aliphatic rings. The lowest BCUT2D eigenvalue weighted by Crippen LogP contribution is -2.48. The van der Waals surface area contributed by atoms with Crippen molar-refractivity contribution in [2.45, 2.75) is 24.7 Å². The molecule has 114 valence electrons. The molecule has 0 atom stereocenters. The Hall–Kier alpha value is -1.40. The molecule has 0 aromatic heterocycles. The largest absolute Gasteiger partial charge is 0.354 e. The topological polar surface area (TPSA) is 84.2 Å². The number of hydrogen-bond acceptors (Lipinski definition) is 3. The number of rotatable bonds is 6. The first kappa shape index (κ1) is 16.0. The summed E-state index contributed by atoms with van der Waals surface area (Å²) >= 11 is 3.49. The minimum absolute atomic E-state index is 0.0232. The number of hydrogen-bond donors (Lipinski definition) is 3. The third-order valence-corrected chi connectivity index (χ3v) is 4.50. The minimum Gasteiger partial charge on any atom is -0.354 e. The molecule has 4 N–H and O–H groups in total. The lowest BCUT2D eigenvalue weighted by atomic mass is 9.64. The van der Waals surface area contributed by atoms with E-state index in [2.05, 4.69) is 38.7 Å². The number of carbonyl (C=O) groups excluding carboxylic acids is 2. The van der Waals surface area contributed by atoms with Crippen molar-refractivity contribution < 1.29 is 9.59 Å². The first-order valence-corrected chi connectivity index (χ1v) is 7.84. The molecule has 2 amide bonds. The zero-order valence-electron chi connectivity index (χ0n) is 11.8. The molecular weight excluding hydrogens is 334 g/mol. The van der Waals surface area contributed by atoms with Crippen LogP contribution in [0.1, 0.15) is 24.8 Å². The van der Waals surface area contributed by atoms with Gasteiger partial charge >= 0.3 is 0 Å². The van der Waals surface area contributed by atoms with Gasteiger partial charge in [-0.05, 0) is 30.5 Å². The quantitative estimate of drug-likeness (QED) is 0.714. The van der Waals surface area contributed by atoms with E-state index < -0.39 is 0 Å². The molecule has 1 saturated carbocycles. The second kappa shape index (κ2) is 7.04. The molecule has 0 heterocycles. The third kappa shape index (κ3) is 4.04. The van der Waals surface area contributed by atoms with Crippen LogP contribution in [0, 0.1) is 0 Å². The van der Waals surface area contributed by atoms with Crippen LogP contribution in [0.4, 0.5) is 0 Å². The van der Waals surface area contributed by atoms with Gasteiger partial charge in [0.05, 0.1) is 13.1 Å². The Bertz CT molecular complexity index is 529. The first-order valence-electron chi connectivity index (χ1n) is 7.05. The number of carbonyl (C=O) groups is 2. The molecule has 1 fully saturated rings. The molecule has 21 heavy (non-hydrogen) atoms. The highest BCUT2D eigenvalue weighted by molar-refractivity contribution is 9.10. The highest BCUT2D eigenvalue weighted by atomic mass is 79.9. The normalized spacial score (nSPS) is 15.9. The van der Waals surface area contributed by atoms with Gasteiger partial charge in [-0.2, -0.15) is 0 Å². The molecule has 6 heteroatoms. The average molecular weight is 354 g/mol. The Morgan fingerprint density at radius 3 is 2.57 bits per heavy atom. The van der Waals surface area contributed by atoms with E-state index in [1.54, 1.807) is 0 Å². The van der Waals surface area contributed by atoms with Crippen molar-refractivity contribution in [3.63, 3.8) is 0 Å². The van der Waals surface area contributed by atoms with E-state index in [-0.39, 0.29) is 30.3 Å². The van der Waals surface area contributed by atoms with Crippen LogP contribution in [-0.4, -0.2) is 31.4 Å². The summed E-state index contributed by atoms with van der Waals surface area (Å²) in [5, 5.41) is 5.38. The van der Waals surface area contributed by atoms with Gasteiger partial charge in [0.15, 0.2) is 0 Å². The van der Waals surface area contributed by atoms with Crippen molar-refractivity contribution in [3.05, 3.63) is 34.3 Å². The predicted octanol–water partition coefficient (Wildman–Crippen LogP) is 1.06. The highest BCUT2D eigenvalue weighted by Crippen LogP contribution is 2.43. The lowest BCUT2D eigenvalue weighted by molar-refractivity contribution is -0.125. The smallest absolute Gasteiger partial charge is 0.239 e. The monoisotopic (exact) mass is 353 g/mol. The third-order valence-electron chi connectivity index (χ3n) is 4.00. The summed E-state index contributed by atoms with van der Waals surface area (Å²) in [6.07, 6.45) is 3.31. The SMILES string of the molecule is NCC(=O)NCC(=O)NCC1(c2cccc(Br)c2)CCC1. The molecule has 5 nitrogen and oxygen atoms in total. The van der Waals surface area contributed by atoms with Gasteiger partial charge in [0, 0.05) is 16.4 Å². The molecule has 0 bridgehead atoms. The van der Waals surface area contributed by atoms with E-state index in [1.807, 2.05) is 12.1 Å². The van der Waals surface area contributed by atoms with Crippen LogP contribution in [0.3, 0.4) is 0 Å². The van der Waals surface area contributed by atoms with Gasteiger partial charge in [-0.25, -0.2) is 0 Å². The zero-order valence-corrected chi connectivity index (χ0v) is 13.4. The molecule has 0 spiro atoms. The molecule has 1 aromatic rings. The second-order valence-corrected chi connectivity index (χ2v) is 6.32. The zero-order chi connectivity index (χ0) is 15.3. The molecule has 1 aliphatic carbocycles. The second-order valence-electron chi connectivity index (χ2n) is 5.40. The number of nitrogens with one attached hydrogen (secondary N) is 2. The summed E-state index contributed by atoms with van der Waals surface area (Å²) in [6.45, 7) is 0.473. The van der Waals surface area contributed by atoms with Crippen molar-refractivity contribution >= 4 is 27.7 Å². The molecule has 0 aliphatic heterocycles. The van der Waals surface area contributed by atoms with Gasteiger partial charge in [-0.3, -0.25) is 9.59 Å². The van der Waals surface area contributed by atoms with E-state index in [0.717, 1.165) is 17.3 Å². The Morgan fingerprint density at radius 1 is 1.24 bits per heavy atom. The maximum Gasteiger partial charge on any atom is 0.239 e. The van der Waals surface area contributed by atoms with Crippen LogP contribution in [0.2, 0.25) is 0 Å². The van der Waals surface area contributed by atoms with Gasteiger partial charge in [-0.15, -0.1) is 0 Å². The fourth-order valence-electron chi connectivity index (χ4n) is 2.57. The molecule has 0 saturated heterocycles. The maximum absolute atomic E-state index is 11.8. The first-order chi connectivity index (χ1) is 10.1. The fourth-order valence-corrected chi connectivity index (χ4v) is 2.97. The van der Waals surface area contributed by atoms with Gasteiger partial charge in [0.2, 0.25) is 11.8 Å². The molecule has 1 aromatic carbocycles. The van der Waals surface area contributed by atoms with Gasteiger partial charge in [0.1, 0.15) is 0 Å². The Kier molecular flexibility index (Phi) is 5.36. The van der Waals surface area contributed by atoms with Crippen LogP contribution in [-0.2, 0) is 15.0 Å². The summed E-state index contributed by atoms with van der Waals surface area (Å²) in [6, 6.07) is 8.23. The van der Waals surface area contributed by atoms with E-state index in [0.29, 0.717) is 6.54 Å². The van der Waals surface area contributed by atoms with Crippen LogP contribution < -0.4 is 16.4 Å². The summed E-state index contributed by atoms with van der Waals surface area (Å²) in [5.41, 5.74) is 6.44. The maximum atomic E-state index is 11.8. The molecular formula is C15H20BrN3O2. The number of benzene rings is 1. The predicted molar refractivity (Wildman–Crippen MR) is 84.7 cm³/mol. The van der Waals surface area contributed by atoms with Crippen molar-refractivity contribution in [2.75, 3.05) is 19.6 Å². The molecule has 0 unspecified atom stereocenters. The average Bonchev–Trinajstić information content (AvgIpc) is 2.43. The van der Waals surface area contributed by atoms with Crippen molar-refractivity contribution in [3.8, 4) is 0 Å². The molecule has 2 rings (SSSR count). The van der Waals surface area contributed by atoms with E-state index in [1.165, 1.54) is 12.0 Å². The summed E-state index contributed by atoms with van der Waals surface area (Å²) in [5.74, 6) is -0.506. The minimum atomic E-state index is -0.324. The number of halogens is 1. The summed E-state index contributed by atoms with van der Waals surface area (Å²) < 4.78 is 1.05. The summed E-state index contributed by atoms with van der Waals surface area (Å²) in [4.78, 5) is 22.8. The standard InChI is InChI=1S/C15H20BrN3O2/c16-12-4-1-3-11(7-12)15(5-2-6-15)10-19-14(21)9-18-13(20)8-17/h1,3-4,7H,2,5-6,8-10,17H2,(H,18,20)(H,19,21). The Balaban J connectivity index is 1.91. The number of amides is 2. The molecule has 0 radical (unpaired) electrons. The van der Waals surface area contributed by atoms with Crippen LogP contribution in [0.25, 0.3) is 0 Å². The Labute approximate surface area is 132 Å². The fraction of sp³-hybridized carbons (Fsp3) is 0.467. The Morgan fingerprint density at radius 2 is 2.00 bits per heavy atom. The van der Waals surface area contributed by atoms with Crippen LogP contribution in [0.15, 0.2) is 28.7 Å². The summed E-state index contributed by atoms with van der Waals surface area (Å²) in [7, 11) is 0. The van der Waals surface area contributed by atoms with E-state index in [9.17, 15) is 9.59 Å². The van der Waals surface area contributed by atoms with Gasteiger partial charge in [0.25, 0.3) is 0 Å². The van der Waals surface area contributed by atoms with Crippen molar-refractivity contribution in [1.82, 2.24) is 10.6 Å². The van der Waals surface area contributed by atoms with Gasteiger partial charge in [-0.1, -0.05) is 34.5 Å².